The van der Waals surface area contributed by atoms with E-state index in [0.717, 1.165) is 27.0 Å². The zero-order valence-electron chi connectivity index (χ0n) is 9.60. The molecule has 0 unspecified atom stereocenters. The average molecular weight is 303 g/mol. The molecule has 0 atom stereocenters. The molecule has 0 bridgehead atoms. The Labute approximate surface area is 113 Å². The molecule has 0 N–H and O–H groups in total. The number of hydrogen-bond acceptors (Lipinski definition) is 2. The van der Waals surface area contributed by atoms with Gasteiger partial charge in [-0.25, -0.2) is 0 Å². The molecule has 1 aromatic heterocycles. The summed E-state index contributed by atoms with van der Waals surface area (Å²) in [7, 11) is 0. The second-order valence-corrected chi connectivity index (χ2v) is 4.91. The molecule has 2 aromatic carbocycles. The van der Waals surface area contributed by atoms with Crippen LogP contribution in [0.1, 0.15) is 5.76 Å². The highest BCUT2D eigenvalue weighted by molar-refractivity contribution is 9.10. The van der Waals surface area contributed by atoms with E-state index in [4.69, 9.17) is 9.15 Å². The lowest BCUT2D eigenvalue weighted by molar-refractivity contribution is 0.274. The van der Waals surface area contributed by atoms with Crippen molar-refractivity contribution in [1.82, 2.24) is 0 Å². The maximum absolute atomic E-state index is 5.70. The third-order valence-electron chi connectivity index (χ3n) is 2.65. The number of fused-ring (bicyclic) bond motifs is 1. The third kappa shape index (κ3) is 2.41. The highest BCUT2D eigenvalue weighted by Gasteiger charge is 2.04. The van der Waals surface area contributed by atoms with Crippen LogP contribution in [-0.4, -0.2) is 0 Å². The largest absolute Gasteiger partial charge is 0.486 e. The molecule has 0 saturated heterocycles. The lowest BCUT2D eigenvalue weighted by Crippen LogP contribution is -1.92. The van der Waals surface area contributed by atoms with E-state index in [1.54, 1.807) is 0 Å². The van der Waals surface area contributed by atoms with Gasteiger partial charge in [0.25, 0.3) is 0 Å². The molecule has 0 aliphatic rings. The Hall–Kier alpha value is -1.74. The van der Waals surface area contributed by atoms with E-state index in [2.05, 4.69) is 15.9 Å². The van der Waals surface area contributed by atoms with Gasteiger partial charge >= 0.3 is 0 Å². The molecule has 0 radical (unpaired) electrons. The van der Waals surface area contributed by atoms with Gasteiger partial charge in [-0.05, 0) is 36.4 Å². The van der Waals surface area contributed by atoms with E-state index in [1.165, 1.54) is 0 Å². The Balaban J connectivity index is 1.79. The molecule has 0 aliphatic heterocycles. The SMILES string of the molecule is Brc1ccc2oc(COc3ccccc3)cc2c1. The molecule has 0 saturated carbocycles. The van der Waals surface area contributed by atoms with E-state index >= 15 is 0 Å². The molecule has 1 heterocycles. The van der Waals surface area contributed by atoms with Gasteiger partial charge in [-0.2, -0.15) is 0 Å². The number of halogens is 1. The first-order chi connectivity index (χ1) is 8.81. The second-order valence-electron chi connectivity index (χ2n) is 4.00. The number of hydrogen-bond donors (Lipinski definition) is 0. The first kappa shape index (κ1) is 11.4. The fraction of sp³-hybridized carbons (Fsp3) is 0.0667. The maximum Gasteiger partial charge on any atom is 0.146 e. The third-order valence-corrected chi connectivity index (χ3v) is 3.15. The number of ether oxygens (including phenoxy) is 1. The van der Waals surface area contributed by atoms with Crippen LogP contribution in [-0.2, 0) is 6.61 Å². The highest BCUT2D eigenvalue weighted by atomic mass is 79.9. The number of para-hydroxylation sites is 1. The molecule has 0 aliphatic carbocycles. The van der Waals surface area contributed by atoms with Crippen molar-refractivity contribution in [2.75, 3.05) is 0 Å². The Morgan fingerprint density at radius 3 is 2.67 bits per heavy atom. The first-order valence-electron chi connectivity index (χ1n) is 5.67. The molecule has 3 aromatic rings. The van der Waals surface area contributed by atoms with E-state index < -0.39 is 0 Å². The van der Waals surface area contributed by atoms with Crippen molar-refractivity contribution in [3.63, 3.8) is 0 Å². The summed E-state index contributed by atoms with van der Waals surface area (Å²) in [6.07, 6.45) is 0. The van der Waals surface area contributed by atoms with Crippen LogP contribution in [0.5, 0.6) is 5.75 Å². The van der Waals surface area contributed by atoms with Gasteiger partial charge < -0.3 is 9.15 Å². The van der Waals surface area contributed by atoms with E-state index in [1.807, 2.05) is 54.6 Å². The zero-order valence-corrected chi connectivity index (χ0v) is 11.2. The zero-order chi connectivity index (χ0) is 12.4. The van der Waals surface area contributed by atoms with Crippen molar-refractivity contribution in [3.05, 3.63) is 64.8 Å². The first-order valence-corrected chi connectivity index (χ1v) is 6.46. The van der Waals surface area contributed by atoms with Crippen LogP contribution in [0.15, 0.2) is 63.5 Å². The summed E-state index contributed by atoms with van der Waals surface area (Å²) in [6.45, 7) is 0.441. The number of furan rings is 1. The summed E-state index contributed by atoms with van der Waals surface area (Å²) in [5, 5.41) is 1.08. The fourth-order valence-electron chi connectivity index (χ4n) is 1.81. The minimum atomic E-state index is 0.441. The average Bonchev–Trinajstić information content (AvgIpc) is 2.79. The predicted molar refractivity (Wildman–Crippen MR) is 74.7 cm³/mol. The van der Waals surface area contributed by atoms with Crippen molar-refractivity contribution in [2.45, 2.75) is 6.61 Å². The molecule has 0 spiro atoms. The van der Waals surface area contributed by atoms with Gasteiger partial charge in [0.05, 0.1) is 0 Å². The Kier molecular flexibility index (Phi) is 3.07. The molecule has 0 amide bonds. The Bertz CT molecular complexity index is 659. The van der Waals surface area contributed by atoms with Crippen LogP contribution in [0.4, 0.5) is 0 Å². The summed E-state index contributed by atoms with van der Waals surface area (Å²) in [4.78, 5) is 0. The lowest BCUT2D eigenvalue weighted by Gasteiger charge is -2.02. The Morgan fingerprint density at radius 2 is 1.83 bits per heavy atom. The Morgan fingerprint density at radius 1 is 1.00 bits per heavy atom. The highest BCUT2D eigenvalue weighted by Crippen LogP contribution is 2.24. The molecule has 0 fully saturated rings. The van der Waals surface area contributed by atoms with Crippen LogP contribution < -0.4 is 4.74 Å². The van der Waals surface area contributed by atoms with Crippen molar-refractivity contribution < 1.29 is 9.15 Å². The van der Waals surface area contributed by atoms with Gasteiger partial charge in [0.15, 0.2) is 0 Å². The molecule has 90 valence electrons. The quantitative estimate of drug-likeness (QED) is 0.695. The summed E-state index contributed by atoms with van der Waals surface area (Å²) in [5.41, 5.74) is 0.880. The van der Waals surface area contributed by atoms with Gasteiger partial charge in [0.1, 0.15) is 23.7 Å². The minimum absolute atomic E-state index is 0.441. The van der Waals surface area contributed by atoms with Crippen molar-refractivity contribution in [3.8, 4) is 5.75 Å². The summed E-state index contributed by atoms with van der Waals surface area (Å²) in [6, 6.07) is 17.7. The normalized spacial score (nSPS) is 10.7. The lowest BCUT2D eigenvalue weighted by atomic mass is 10.2. The molecule has 18 heavy (non-hydrogen) atoms. The minimum Gasteiger partial charge on any atom is -0.486 e. The maximum atomic E-state index is 5.70. The smallest absolute Gasteiger partial charge is 0.146 e. The van der Waals surface area contributed by atoms with Gasteiger partial charge in [0.2, 0.25) is 0 Å². The molecule has 2 nitrogen and oxygen atoms in total. The molecule has 3 heteroatoms. The standard InChI is InChI=1S/C15H11BrO2/c16-12-6-7-15-11(8-12)9-14(18-15)10-17-13-4-2-1-3-5-13/h1-9H,10H2. The number of benzene rings is 2. The van der Waals surface area contributed by atoms with Crippen LogP contribution in [0.2, 0.25) is 0 Å². The van der Waals surface area contributed by atoms with Gasteiger partial charge in [-0.3, -0.25) is 0 Å². The summed E-state index contributed by atoms with van der Waals surface area (Å²) in [5.74, 6) is 1.67. The van der Waals surface area contributed by atoms with Gasteiger partial charge in [-0.1, -0.05) is 34.1 Å². The molecule has 3 rings (SSSR count). The van der Waals surface area contributed by atoms with Crippen LogP contribution in [0.3, 0.4) is 0 Å². The van der Waals surface area contributed by atoms with Crippen molar-refractivity contribution in [2.24, 2.45) is 0 Å². The predicted octanol–water partition coefficient (Wildman–Crippen LogP) is 4.77. The topological polar surface area (TPSA) is 22.4 Å². The molecular weight excluding hydrogens is 292 g/mol. The van der Waals surface area contributed by atoms with Crippen LogP contribution in [0.25, 0.3) is 11.0 Å². The monoisotopic (exact) mass is 302 g/mol. The summed E-state index contributed by atoms with van der Waals surface area (Å²) < 4.78 is 12.4. The van der Waals surface area contributed by atoms with Crippen molar-refractivity contribution in [1.29, 1.82) is 0 Å². The van der Waals surface area contributed by atoms with Crippen LogP contribution in [0, 0.1) is 0 Å². The fourth-order valence-corrected chi connectivity index (χ4v) is 2.19. The van der Waals surface area contributed by atoms with E-state index in [0.29, 0.717) is 6.61 Å². The van der Waals surface area contributed by atoms with Gasteiger partial charge in [-0.15, -0.1) is 0 Å². The van der Waals surface area contributed by atoms with E-state index in [9.17, 15) is 0 Å². The van der Waals surface area contributed by atoms with Crippen molar-refractivity contribution >= 4 is 26.9 Å². The second kappa shape index (κ2) is 4.86. The number of rotatable bonds is 3. The molecular formula is C15H11BrO2. The summed E-state index contributed by atoms with van der Waals surface area (Å²) >= 11 is 3.44. The van der Waals surface area contributed by atoms with Gasteiger partial charge in [0, 0.05) is 9.86 Å². The van der Waals surface area contributed by atoms with Crippen LogP contribution >= 0.6 is 15.9 Å². The van der Waals surface area contributed by atoms with E-state index in [-0.39, 0.29) is 0 Å².